The van der Waals surface area contributed by atoms with Crippen LogP contribution in [-0.2, 0) is 11.3 Å². The van der Waals surface area contributed by atoms with Crippen LogP contribution in [0.2, 0.25) is 0 Å². The first-order valence-corrected chi connectivity index (χ1v) is 6.86. The molecule has 7 heteroatoms. The molecule has 21 heavy (non-hydrogen) atoms. The first kappa shape index (κ1) is 13.6. The topological polar surface area (TPSA) is 83.3 Å². The second-order valence-electron chi connectivity index (χ2n) is 4.90. The summed E-state index contributed by atoms with van der Waals surface area (Å²) in [5, 5.41) is 13.4. The van der Waals surface area contributed by atoms with Crippen LogP contribution in [-0.4, -0.2) is 35.7 Å². The monoisotopic (exact) mass is 287 g/mol. The number of para-hydroxylation sites is 1. The van der Waals surface area contributed by atoms with Crippen LogP contribution in [0.15, 0.2) is 28.7 Å². The molecular formula is C14H17N5O2. The molecule has 0 bridgehead atoms. The molecule has 2 heterocycles. The number of amides is 1. The Kier molecular flexibility index (Phi) is 3.83. The summed E-state index contributed by atoms with van der Waals surface area (Å²) in [6.07, 6.45) is 0. The van der Waals surface area contributed by atoms with Gasteiger partial charge in [0.05, 0.1) is 6.54 Å². The highest BCUT2D eigenvalue weighted by atomic mass is 16.4. The number of aryl methyl sites for hydroxylation is 1. The fourth-order valence-electron chi connectivity index (χ4n) is 2.37. The molecule has 1 aromatic heterocycles. The van der Waals surface area contributed by atoms with Crippen LogP contribution in [0.25, 0.3) is 0 Å². The molecule has 1 aromatic carbocycles. The molecule has 0 spiro atoms. The Bertz CT molecular complexity index is 640. The summed E-state index contributed by atoms with van der Waals surface area (Å²) in [5.41, 5.74) is 2.27. The van der Waals surface area contributed by atoms with E-state index in [1.165, 1.54) is 5.56 Å². The van der Waals surface area contributed by atoms with Crippen molar-refractivity contribution in [1.82, 2.24) is 15.5 Å². The number of aromatic nitrogens is 2. The molecular weight excluding hydrogens is 270 g/mol. The number of carbonyl (C=O) groups excluding carboxylic acids is 1. The first-order chi connectivity index (χ1) is 10.2. The maximum absolute atomic E-state index is 12.1. The molecule has 0 radical (unpaired) electrons. The fourth-order valence-corrected chi connectivity index (χ4v) is 2.37. The molecule has 0 aliphatic carbocycles. The summed E-state index contributed by atoms with van der Waals surface area (Å²) >= 11 is 0. The predicted octanol–water partition coefficient (Wildman–Crippen LogP) is 0.926. The molecule has 110 valence electrons. The van der Waals surface area contributed by atoms with E-state index in [0.717, 1.165) is 25.3 Å². The van der Waals surface area contributed by atoms with Gasteiger partial charge in [-0.3, -0.25) is 10.1 Å². The zero-order valence-electron chi connectivity index (χ0n) is 11.8. The fraction of sp³-hybridized carbons (Fsp3) is 0.357. The lowest BCUT2D eigenvalue weighted by Crippen LogP contribution is -2.36. The molecule has 2 N–H and O–H groups in total. The second-order valence-corrected chi connectivity index (χ2v) is 4.90. The third-order valence-electron chi connectivity index (χ3n) is 3.31. The Morgan fingerprint density at radius 1 is 1.43 bits per heavy atom. The van der Waals surface area contributed by atoms with Crippen molar-refractivity contribution in [2.75, 3.05) is 29.9 Å². The second kappa shape index (κ2) is 5.92. The van der Waals surface area contributed by atoms with Gasteiger partial charge in [-0.2, -0.15) is 0 Å². The molecule has 1 amide bonds. The number of hydrogen-bond acceptors (Lipinski definition) is 6. The summed E-state index contributed by atoms with van der Waals surface area (Å²) in [6.45, 7) is 4.35. The lowest BCUT2D eigenvalue weighted by Gasteiger charge is -2.23. The van der Waals surface area contributed by atoms with Crippen LogP contribution >= 0.6 is 0 Å². The summed E-state index contributed by atoms with van der Waals surface area (Å²) < 4.78 is 5.15. The van der Waals surface area contributed by atoms with E-state index >= 15 is 0 Å². The van der Waals surface area contributed by atoms with E-state index in [4.69, 9.17) is 4.42 Å². The van der Waals surface area contributed by atoms with Crippen molar-refractivity contribution in [1.29, 1.82) is 0 Å². The minimum absolute atomic E-state index is 0.138. The summed E-state index contributed by atoms with van der Waals surface area (Å²) in [5.74, 6) is 0.255. The minimum Gasteiger partial charge on any atom is -0.408 e. The molecule has 1 aliphatic heterocycles. The van der Waals surface area contributed by atoms with Gasteiger partial charge in [-0.05, 0) is 11.6 Å². The Balaban J connectivity index is 1.70. The van der Waals surface area contributed by atoms with Crippen LogP contribution in [0.3, 0.4) is 0 Å². The zero-order valence-corrected chi connectivity index (χ0v) is 11.8. The van der Waals surface area contributed by atoms with Gasteiger partial charge in [0.15, 0.2) is 0 Å². The molecule has 0 saturated carbocycles. The minimum atomic E-state index is -0.171. The van der Waals surface area contributed by atoms with Crippen molar-refractivity contribution < 1.29 is 9.21 Å². The molecule has 2 aromatic rings. The van der Waals surface area contributed by atoms with Crippen molar-refractivity contribution in [2.24, 2.45) is 0 Å². The molecule has 1 aliphatic rings. The SMILES string of the molecule is Cc1nnc(NC(=O)CN2CCNCc3ccccc32)o1. The number of nitrogens with one attached hydrogen (secondary N) is 2. The van der Waals surface area contributed by atoms with Crippen molar-refractivity contribution >= 4 is 17.6 Å². The summed E-state index contributed by atoms with van der Waals surface area (Å²) in [6, 6.07) is 8.23. The van der Waals surface area contributed by atoms with E-state index in [1.54, 1.807) is 6.92 Å². The van der Waals surface area contributed by atoms with Gasteiger partial charge >= 0.3 is 6.01 Å². The lowest BCUT2D eigenvalue weighted by atomic mass is 10.1. The molecule has 0 unspecified atom stereocenters. The quantitative estimate of drug-likeness (QED) is 0.873. The van der Waals surface area contributed by atoms with Gasteiger partial charge in [0.2, 0.25) is 11.8 Å². The number of carbonyl (C=O) groups is 1. The van der Waals surface area contributed by atoms with Gasteiger partial charge < -0.3 is 14.6 Å². The van der Waals surface area contributed by atoms with Crippen LogP contribution < -0.4 is 15.5 Å². The van der Waals surface area contributed by atoms with Gasteiger partial charge in [-0.1, -0.05) is 23.3 Å². The molecule has 0 fully saturated rings. The van der Waals surface area contributed by atoms with Crippen LogP contribution in [0.5, 0.6) is 0 Å². The largest absolute Gasteiger partial charge is 0.408 e. The number of rotatable bonds is 3. The van der Waals surface area contributed by atoms with Gasteiger partial charge in [0.1, 0.15) is 0 Å². The van der Waals surface area contributed by atoms with Gasteiger partial charge in [-0.15, -0.1) is 5.10 Å². The third kappa shape index (κ3) is 3.19. The van der Waals surface area contributed by atoms with Gasteiger partial charge in [0.25, 0.3) is 0 Å². The third-order valence-corrected chi connectivity index (χ3v) is 3.31. The highest BCUT2D eigenvalue weighted by Gasteiger charge is 2.18. The Hall–Kier alpha value is -2.41. The summed E-state index contributed by atoms with van der Waals surface area (Å²) in [4.78, 5) is 14.2. The van der Waals surface area contributed by atoms with Crippen LogP contribution in [0, 0.1) is 6.92 Å². The smallest absolute Gasteiger partial charge is 0.322 e. The average Bonchev–Trinajstić information content (AvgIpc) is 2.77. The highest BCUT2D eigenvalue weighted by Crippen LogP contribution is 2.21. The predicted molar refractivity (Wildman–Crippen MR) is 78.0 cm³/mol. The molecule has 7 nitrogen and oxygen atoms in total. The maximum Gasteiger partial charge on any atom is 0.322 e. The molecule has 3 rings (SSSR count). The van der Waals surface area contributed by atoms with E-state index in [9.17, 15) is 4.79 Å². The van der Waals surface area contributed by atoms with Crippen LogP contribution in [0.1, 0.15) is 11.5 Å². The Morgan fingerprint density at radius 3 is 3.10 bits per heavy atom. The average molecular weight is 287 g/mol. The number of hydrogen-bond donors (Lipinski definition) is 2. The number of anilines is 2. The van der Waals surface area contributed by atoms with E-state index in [0.29, 0.717) is 5.89 Å². The first-order valence-electron chi connectivity index (χ1n) is 6.86. The number of fused-ring (bicyclic) bond motifs is 1. The van der Waals surface area contributed by atoms with E-state index in [2.05, 4.69) is 26.9 Å². The molecule has 0 atom stereocenters. The van der Waals surface area contributed by atoms with Crippen molar-refractivity contribution in [2.45, 2.75) is 13.5 Å². The van der Waals surface area contributed by atoms with Crippen molar-refractivity contribution in [3.63, 3.8) is 0 Å². The zero-order chi connectivity index (χ0) is 14.7. The van der Waals surface area contributed by atoms with E-state index in [1.807, 2.05) is 23.1 Å². The Morgan fingerprint density at radius 2 is 2.29 bits per heavy atom. The standard InChI is InChI=1S/C14H17N5O2/c1-10-17-18-14(21-10)16-13(20)9-19-7-6-15-8-11-4-2-3-5-12(11)19/h2-5,15H,6-9H2,1H3,(H,16,18,20). The van der Waals surface area contributed by atoms with E-state index in [-0.39, 0.29) is 18.5 Å². The van der Waals surface area contributed by atoms with Crippen molar-refractivity contribution in [3.05, 3.63) is 35.7 Å². The molecule has 0 saturated heterocycles. The lowest BCUT2D eigenvalue weighted by molar-refractivity contribution is -0.115. The highest BCUT2D eigenvalue weighted by molar-refractivity contribution is 5.92. The van der Waals surface area contributed by atoms with Gasteiger partial charge in [0, 0.05) is 32.2 Å². The van der Waals surface area contributed by atoms with Gasteiger partial charge in [-0.25, -0.2) is 0 Å². The maximum atomic E-state index is 12.1. The Labute approximate surface area is 122 Å². The number of nitrogens with zero attached hydrogens (tertiary/aromatic N) is 3. The van der Waals surface area contributed by atoms with Crippen molar-refractivity contribution in [3.8, 4) is 0 Å². The van der Waals surface area contributed by atoms with E-state index < -0.39 is 0 Å². The normalized spacial score (nSPS) is 14.4. The number of benzene rings is 1. The summed E-state index contributed by atoms with van der Waals surface area (Å²) in [7, 11) is 0. The van der Waals surface area contributed by atoms with Crippen LogP contribution in [0.4, 0.5) is 11.7 Å².